The van der Waals surface area contributed by atoms with Crippen LogP contribution < -0.4 is 0 Å². The van der Waals surface area contributed by atoms with Crippen LogP contribution >= 0.6 is 0 Å². The van der Waals surface area contributed by atoms with Gasteiger partial charge in [-0.2, -0.15) is 0 Å². The lowest BCUT2D eigenvalue weighted by atomic mass is 10.2. The Balaban J connectivity index is 2.77. The molecule has 88 valence electrons. The SMILES string of the molecule is COC(OC)(OC)OC(=O)c1ccccc1. The average molecular weight is 226 g/mol. The van der Waals surface area contributed by atoms with Crippen LogP contribution in [0.2, 0.25) is 0 Å². The zero-order valence-electron chi connectivity index (χ0n) is 9.43. The second-order valence-electron chi connectivity index (χ2n) is 2.87. The standard InChI is InChI=1S/C11H14O5/c1-13-11(14-2,15-3)16-10(12)9-7-5-4-6-8-9/h4-8H,1-3H3. The van der Waals surface area contributed by atoms with Crippen molar-refractivity contribution in [3.05, 3.63) is 35.9 Å². The third-order valence-corrected chi connectivity index (χ3v) is 1.98. The van der Waals surface area contributed by atoms with E-state index in [9.17, 15) is 4.79 Å². The Bertz CT molecular complexity index is 323. The van der Waals surface area contributed by atoms with Crippen LogP contribution in [0.25, 0.3) is 0 Å². The summed E-state index contributed by atoms with van der Waals surface area (Å²) in [5.74, 6) is -0.592. The van der Waals surface area contributed by atoms with Gasteiger partial charge in [-0.25, -0.2) is 4.79 Å². The van der Waals surface area contributed by atoms with Crippen LogP contribution in [-0.4, -0.2) is 33.5 Å². The summed E-state index contributed by atoms with van der Waals surface area (Å²) in [6.45, 7) is 0. The van der Waals surface area contributed by atoms with Crippen molar-refractivity contribution in [3.63, 3.8) is 0 Å². The first kappa shape index (κ1) is 12.6. The van der Waals surface area contributed by atoms with Crippen LogP contribution in [0.4, 0.5) is 0 Å². The van der Waals surface area contributed by atoms with E-state index in [2.05, 4.69) is 0 Å². The van der Waals surface area contributed by atoms with Crippen molar-refractivity contribution in [2.45, 2.75) is 6.16 Å². The molecule has 5 nitrogen and oxygen atoms in total. The van der Waals surface area contributed by atoms with Gasteiger partial charge in [-0.1, -0.05) is 18.2 Å². The van der Waals surface area contributed by atoms with Gasteiger partial charge in [-0.15, -0.1) is 0 Å². The third kappa shape index (κ3) is 2.79. The maximum atomic E-state index is 11.7. The predicted octanol–water partition coefficient (Wildman–Crippen LogP) is 1.39. The Morgan fingerprint density at radius 3 is 1.94 bits per heavy atom. The first-order chi connectivity index (χ1) is 7.67. The Labute approximate surface area is 93.9 Å². The third-order valence-electron chi connectivity index (χ3n) is 1.98. The molecule has 0 atom stereocenters. The number of hydrogen-bond acceptors (Lipinski definition) is 5. The molecule has 0 aromatic heterocycles. The lowest BCUT2D eigenvalue weighted by Crippen LogP contribution is -2.41. The number of hydrogen-bond donors (Lipinski definition) is 0. The second-order valence-corrected chi connectivity index (χ2v) is 2.87. The largest absolute Gasteiger partial charge is 0.462 e. The first-order valence-electron chi connectivity index (χ1n) is 4.61. The lowest BCUT2D eigenvalue weighted by molar-refractivity contribution is -0.458. The number of rotatable bonds is 5. The Kier molecular flexibility index (Phi) is 4.42. The quantitative estimate of drug-likeness (QED) is 0.561. The van der Waals surface area contributed by atoms with Crippen LogP contribution in [0, 0.1) is 0 Å². The van der Waals surface area contributed by atoms with E-state index in [1.807, 2.05) is 0 Å². The van der Waals surface area contributed by atoms with Crippen LogP contribution in [0.3, 0.4) is 0 Å². The number of ether oxygens (including phenoxy) is 4. The van der Waals surface area contributed by atoms with E-state index in [-0.39, 0.29) is 0 Å². The van der Waals surface area contributed by atoms with Crippen molar-refractivity contribution < 1.29 is 23.7 Å². The predicted molar refractivity (Wildman–Crippen MR) is 55.6 cm³/mol. The molecule has 1 aromatic rings. The molecule has 0 saturated heterocycles. The minimum absolute atomic E-state index is 0.387. The van der Waals surface area contributed by atoms with Gasteiger partial charge in [-0.05, 0) is 12.1 Å². The normalized spacial score (nSPS) is 11.2. The summed E-state index contributed by atoms with van der Waals surface area (Å²) < 4.78 is 19.5. The van der Waals surface area contributed by atoms with Gasteiger partial charge in [0.05, 0.1) is 5.56 Å². The maximum Gasteiger partial charge on any atom is 0.462 e. The van der Waals surface area contributed by atoms with Gasteiger partial charge in [-0.3, -0.25) is 14.2 Å². The first-order valence-corrected chi connectivity index (χ1v) is 4.61. The van der Waals surface area contributed by atoms with Crippen LogP contribution in [0.15, 0.2) is 30.3 Å². The lowest BCUT2D eigenvalue weighted by Gasteiger charge is -2.26. The molecule has 0 heterocycles. The van der Waals surface area contributed by atoms with Crippen molar-refractivity contribution in [1.29, 1.82) is 0 Å². The van der Waals surface area contributed by atoms with E-state index in [4.69, 9.17) is 18.9 Å². The van der Waals surface area contributed by atoms with Crippen molar-refractivity contribution >= 4 is 5.97 Å². The van der Waals surface area contributed by atoms with Crippen LogP contribution in [-0.2, 0) is 18.9 Å². The summed E-state index contributed by atoms with van der Waals surface area (Å²) in [5, 5.41) is 0. The topological polar surface area (TPSA) is 54.0 Å². The van der Waals surface area contributed by atoms with Gasteiger partial charge in [0, 0.05) is 21.3 Å². The molecule has 0 spiro atoms. The molecule has 0 unspecified atom stereocenters. The summed E-state index contributed by atoms with van der Waals surface area (Å²) in [4.78, 5) is 11.7. The smallest absolute Gasteiger partial charge is 0.380 e. The van der Waals surface area contributed by atoms with E-state index < -0.39 is 12.1 Å². The summed E-state index contributed by atoms with van der Waals surface area (Å²) in [6, 6.07) is 8.49. The van der Waals surface area contributed by atoms with Crippen LogP contribution in [0.5, 0.6) is 0 Å². The van der Waals surface area contributed by atoms with E-state index in [0.717, 1.165) is 0 Å². The van der Waals surface area contributed by atoms with Crippen molar-refractivity contribution in [2.24, 2.45) is 0 Å². The van der Waals surface area contributed by atoms with E-state index in [1.165, 1.54) is 21.3 Å². The van der Waals surface area contributed by atoms with Crippen LogP contribution in [0.1, 0.15) is 10.4 Å². The molecular weight excluding hydrogens is 212 g/mol. The molecule has 0 fully saturated rings. The second kappa shape index (κ2) is 5.60. The molecule has 0 radical (unpaired) electrons. The molecule has 0 N–H and O–H groups in total. The highest BCUT2D eigenvalue weighted by atomic mass is 17.0. The highest BCUT2D eigenvalue weighted by molar-refractivity contribution is 5.89. The zero-order chi connectivity index (χ0) is 12.0. The van der Waals surface area contributed by atoms with E-state index in [1.54, 1.807) is 30.3 Å². The number of carbonyl (C=O) groups excluding carboxylic acids is 1. The minimum Gasteiger partial charge on any atom is -0.380 e. The molecule has 0 amide bonds. The summed E-state index contributed by atoms with van der Waals surface area (Å²) in [5.41, 5.74) is 0.387. The summed E-state index contributed by atoms with van der Waals surface area (Å²) in [6.07, 6.45) is -1.80. The fourth-order valence-corrected chi connectivity index (χ4v) is 1.12. The fourth-order valence-electron chi connectivity index (χ4n) is 1.12. The molecule has 0 bridgehead atoms. The van der Waals surface area contributed by atoms with Crippen molar-refractivity contribution in [3.8, 4) is 0 Å². The molecule has 5 heteroatoms. The number of methoxy groups -OCH3 is 3. The molecule has 0 aliphatic rings. The molecule has 0 aliphatic heterocycles. The molecular formula is C11H14O5. The summed E-state index contributed by atoms with van der Waals surface area (Å²) >= 11 is 0. The Morgan fingerprint density at radius 2 is 1.50 bits per heavy atom. The molecule has 1 rings (SSSR count). The van der Waals surface area contributed by atoms with Gasteiger partial charge >= 0.3 is 12.1 Å². The van der Waals surface area contributed by atoms with Crippen molar-refractivity contribution in [1.82, 2.24) is 0 Å². The molecule has 16 heavy (non-hydrogen) atoms. The maximum absolute atomic E-state index is 11.7. The fraction of sp³-hybridized carbons (Fsp3) is 0.364. The van der Waals surface area contributed by atoms with E-state index >= 15 is 0 Å². The highest BCUT2D eigenvalue weighted by Gasteiger charge is 2.35. The number of esters is 1. The average Bonchev–Trinajstić information content (AvgIpc) is 2.37. The number of carbonyl (C=O) groups is 1. The highest BCUT2D eigenvalue weighted by Crippen LogP contribution is 2.16. The van der Waals surface area contributed by atoms with Gasteiger partial charge in [0.1, 0.15) is 0 Å². The van der Waals surface area contributed by atoms with Gasteiger partial charge in [0.2, 0.25) is 0 Å². The summed E-state index contributed by atoms with van der Waals surface area (Å²) in [7, 11) is 3.93. The van der Waals surface area contributed by atoms with Gasteiger partial charge < -0.3 is 4.74 Å². The Morgan fingerprint density at radius 1 is 1.00 bits per heavy atom. The molecule has 0 aliphatic carbocycles. The van der Waals surface area contributed by atoms with E-state index in [0.29, 0.717) is 5.56 Å². The van der Waals surface area contributed by atoms with Gasteiger partial charge in [0.25, 0.3) is 0 Å². The van der Waals surface area contributed by atoms with Crippen molar-refractivity contribution in [2.75, 3.05) is 21.3 Å². The number of benzene rings is 1. The zero-order valence-corrected chi connectivity index (χ0v) is 9.43. The monoisotopic (exact) mass is 226 g/mol. The Hall–Kier alpha value is -1.43. The van der Waals surface area contributed by atoms with Gasteiger partial charge in [0.15, 0.2) is 0 Å². The molecule has 1 aromatic carbocycles. The molecule has 0 saturated carbocycles. The minimum atomic E-state index is -1.80.